The molecule has 0 saturated heterocycles. The maximum Gasteiger partial charge on any atom is 0.139 e. The lowest BCUT2D eigenvalue weighted by Crippen LogP contribution is -2.23. The molecule has 0 saturated carbocycles. The van der Waals surface area contributed by atoms with Gasteiger partial charge in [0.05, 0.1) is 20.9 Å². The van der Waals surface area contributed by atoms with E-state index in [9.17, 15) is 4.39 Å². The molecular weight excluding hydrogens is 355 g/mol. The van der Waals surface area contributed by atoms with Gasteiger partial charge in [0.15, 0.2) is 0 Å². The van der Waals surface area contributed by atoms with Gasteiger partial charge in [-0.25, -0.2) is 9.37 Å². The van der Waals surface area contributed by atoms with E-state index in [0.717, 1.165) is 17.9 Å². The molecule has 0 spiro atoms. The van der Waals surface area contributed by atoms with Crippen molar-refractivity contribution in [1.82, 2.24) is 9.55 Å². The molecule has 0 aliphatic heterocycles. The molecule has 0 aliphatic rings. The molecule has 2 rings (SSSR count). The third kappa shape index (κ3) is 3.42. The Kier molecular flexibility index (Phi) is 4.69. The van der Waals surface area contributed by atoms with Crippen molar-refractivity contribution in [3.05, 3.63) is 28.2 Å². The largest absolute Gasteiger partial charge is 0.326 e. The smallest absolute Gasteiger partial charge is 0.139 e. The zero-order chi connectivity index (χ0) is 15.9. The average molecular weight is 376 g/mol. The number of aromatic nitrogens is 2. The molecule has 116 valence electrons. The van der Waals surface area contributed by atoms with Crippen LogP contribution in [0, 0.1) is 17.2 Å². The van der Waals surface area contributed by atoms with Crippen molar-refractivity contribution in [1.29, 1.82) is 0 Å². The maximum atomic E-state index is 13.7. The van der Waals surface area contributed by atoms with E-state index >= 15 is 0 Å². The highest BCUT2D eigenvalue weighted by Crippen LogP contribution is 2.32. The van der Waals surface area contributed by atoms with Crippen LogP contribution in [0.1, 0.15) is 45.8 Å². The van der Waals surface area contributed by atoms with Gasteiger partial charge in [0, 0.05) is 12.6 Å². The van der Waals surface area contributed by atoms with Crippen LogP contribution in [-0.2, 0) is 6.54 Å². The molecule has 2 atom stereocenters. The minimum Gasteiger partial charge on any atom is -0.326 e. The summed E-state index contributed by atoms with van der Waals surface area (Å²) in [6.07, 6.45) is 0. The number of hydrogen-bond acceptors (Lipinski definition) is 1. The molecule has 0 bridgehead atoms. The monoisotopic (exact) mass is 374 g/mol. The van der Waals surface area contributed by atoms with Crippen LogP contribution < -0.4 is 0 Å². The molecule has 2 nitrogen and oxygen atoms in total. The van der Waals surface area contributed by atoms with Crippen LogP contribution in [0.5, 0.6) is 0 Å². The molecule has 2 aromatic rings. The molecule has 0 aliphatic carbocycles. The lowest BCUT2D eigenvalue weighted by molar-refractivity contribution is 0.233. The molecule has 1 heterocycles. The minimum absolute atomic E-state index is 0.181. The summed E-state index contributed by atoms with van der Waals surface area (Å²) >= 11 is 9.52. The molecule has 2 unspecified atom stereocenters. The van der Waals surface area contributed by atoms with Gasteiger partial charge in [-0.2, -0.15) is 0 Å². The topological polar surface area (TPSA) is 17.8 Å². The Morgan fingerprint density at radius 1 is 1.33 bits per heavy atom. The number of benzene rings is 1. The van der Waals surface area contributed by atoms with Gasteiger partial charge < -0.3 is 4.57 Å². The first-order valence-corrected chi connectivity index (χ1v) is 8.33. The fraction of sp³-hybridized carbons (Fsp3) is 0.562. The van der Waals surface area contributed by atoms with E-state index in [2.05, 4.69) is 53.2 Å². The molecule has 0 amide bonds. The number of alkyl halides is 1. The van der Waals surface area contributed by atoms with Crippen LogP contribution in [0.25, 0.3) is 11.0 Å². The van der Waals surface area contributed by atoms with Crippen LogP contribution in [0.15, 0.2) is 16.6 Å². The van der Waals surface area contributed by atoms with E-state index in [1.165, 1.54) is 6.07 Å². The van der Waals surface area contributed by atoms with Gasteiger partial charge in [0.1, 0.15) is 11.6 Å². The summed E-state index contributed by atoms with van der Waals surface area (Å²) in [4.78, 5) is 4.52. The lowest BCUT2D eigenvalue weighted by atomic mass is 9.82. The second kappa shape index (κ2) is 5.88. The summed E-state index contributed by atoms with van der Waals surface area (Å²) in [6.45, 7) is 11.6. The molecule has 21 heavy (non-hydrogen) atoms. The Morgan fingerprint density at radius 2 is 1.95 bits per heavy atom. The number of nitrogens with zero attached hydrogens (tertiary/aromatic N) is 2. The summed E-state index contributed by atoms with van der Waals surface area (Å²) in [7, 11) is 0. The highest BCUT2D eigenvalue weighted by molar-refractivity contribution is 9.10. The fourth-order valence-electron chi connectivity index (χ4n) is 2.18. The van der Waals surface area contributed by atoms with E-state index in [1.54, 1.807) is 6.07 Å². The Labute approximate surface area is 138 Å². The van der Waals surface area contributed by atoms with Gasteiger partial charge in [-0.05, 0) is 40.3 Å². The quantitative estimate of drug-likeness (QED) is 0.609. The first kappa shape index (κ1) is 16.8. The Balaban J connectivity index is 2.58. The second-order valence-electron chi connectivity index (χ2n) is 6.72. The van der Waals surface area contributed by atoms with E-state index < -0.39 is 0 Å². The number of fused-ring (bicyclic) bond motifs is 1. The molecular formula is C16H21BrClFN2. The number of rotatable bonds is 3. The molecule has 1 aromatic carbocycles. The van der Waals surface area contributed by atoms with Crippen LogP contribution in [-0.4, -0.2) is 9.55 Å². The van der Waals surface area contributed by atoms with E-state index in [4.69, 9.17) is 11.6 Å². The van der Waals surface area contributed by atoms with E-state index in [1.807, 2.05) is 6.92 Å². The van der Waals surface area contributed by atoms with E-state index in [0.29, 0.717) is 15.9 Å². The standard InChI is InChI=1S/C16H21BrClFN2/c1-9(16(3,4)5)8-21-14-6-11(17)12(19)7-13(14)20-15(21)10(2)18/h6-7,9-10H,8H2,1-5H3. The molecule has 0 fully saturated rings. The first-order valence-electron chi connectivity index (χ1n) is 7.10. The van der Waals surface area contributed by atoms with Crippen molar-refractivity contribution in [2.75, 3.05) is 0 Å². The Hall–Kier alpha value is -0.610. The lowest BCUT2D eigenvalue weighted by Gasteiger charge is -2.28. The predicted octanol–water partition coefficient (Wildman–Crippen LogP) is 5.92. The summed E-state index contributed by atoms with van der Waals surface area (Å²) in [5.41, 5.74) is 1.75. The SMILES string of the molecule is CC(Cl)c1nc2cc(F)c(Br)cc2n1CC(C)C(C)(C)C. The second-order valence-corrected chi connectivity index (χ2v) is 8.23. The zero-order valence-electron chi connectivity index (χ0n) is 13.0. The molecule has 0 radical (unpaired) electrons. The minimum atomic E-state index is -0.301. The highest BCUT2D eigenvalue weighted by Gasteiger charge is 2.24. The normalized spacial score (nSPS) is 15.4. The van der Waals surface area contributed by atoms with Crippen LogP contribution in [0.2, 0.25) is 0 Å². The summed E-state index contributed by atoms with van der Waals surface area (Å²) in [6, 6.07) is 3.25. The number of hydrogen-bond donors (Lipinski definition) is 0. The zero-order valence-corrected chi connectivity index (χ0v) is 15.4. The third-order valence-electron chi connectivity index (χ3n) is 4.11. The van der Waals surface area contributed by atoms with Crippen LogP contribution in [0.4, 0.5) is 4.39 Å². The van der Waals surface area contributed by atoms with Crippen molar-refractivity contribution in [3.63, 3.8) is 0 Å². The Bertz CT molecular complexity index is 658. The molecule has 1 aromatic heterocycles. The van der Waals surface area contributed by atoms with Gasteiger partial charge >= 0.3 is 0 Å². The van der Waals surface area contributed by atoms with Crippen molar-refractivity contribution < 1.29 is 4.39 Å². The van der Waals surface area contributed by atoms with E-state index in [-0.39, 0.29) is 16.6 Å². The van der Waals surface area contributed by atoms with Crippen LogP contribution >= 0.6 is 27.5 Å². The molecule has 5 heteroatoms. The van der Waals surface area contributed by atoms with Gasteiger partial charge in [-0.3, -0.25) is 0 Å². The van der Waals surface area contributed by atoms with Gasteiger partial charge in [-0.1, -0.05) is 27.7 Å². The van der Waals surface area contributed by atoms with Gasteiger partial charge in [0.25, 0.3) is 0 Å². The van der Waals surface area contributed by atoms with Crippen LogP contribution in [0.3, 0.4) is 0 Å². The first-order chi connectivity index (χ1) is 9.61. The fourth-order valence-corrected chi connectivity index (χ4v) is 2.68. The number of imidazole rings is 1. The third-order valence-corrected chi connectivity index (χ3v) is 4.91. The Morgan fingerprint density at radius 3 is 2.48 bits per heavy atom. The maximum absolute atomic E-state index is 13.7. The van der Waals surface area contributed by atoms with Crippen molar-refractivity contribution >= 4 is 38.6 Å². The van der Waals surface area contributed by atoms with Gasteiger partial charge in [-0.15, -0.1) is 11.6 Å². The number of halogens is 3. The summed E-state index contributed by atoms with van der Waals surface area (Å²) < 4.78 is 16.3. The van der Waals surface area contributed by atoms with Crippen molar-refractivity contribution in [2.45, 2.75) is 46.5 Å². The summed E-state index contributed by atoms with van der Waals surface area (Å²) in [5, 5.41) is -0.216. The van der Waals surface area contributed by atoms with Gasteiger partial charge in [0.2, 0.25) is 0 Å². The average Bonchev–Trinajstić information content (AvgIpc) is 2.67. The van der Waals surface area contributed by atoms with Crippen molar-refractivity contribution in [3.8, 4) is 0 Å². The predicted molar refractivity (Wildman–Crippen MR) is 90.3 cm³/mol. The summed E-state index contributed by atoms with van der Waals surface area (Å²) in [5.74, 6) is 0.929. The molecule has 0 N–H and O–H groups in total. The van der Waals surface area contributed by atoms with Crippen molar-refractivity contribution in [2.24, 2.45) is 11.3 Å². The highest BCUT2D eigenvalue weighted by atomic mass is 79.9.